The van der Waals surface area contributed by atoms with Gasteiger partial charge in [0.05, 0.1) is 27.4 Å². The van der Waals surface area contributed by atoms with Gasteiger partial charge in [-0.15, -0.1) is 0 Å². The van der Waals surface area contributed by atoms with Crippen molar-refractivity contribution in [2.24, 2.45) is 10.7 Å². The highest BCUT2D eigenvalue weighted by molar-refractivity contribution is 6.30. The van der Waals surface area contributed by atoms with Crippen molar-refractivity contribution in [1.82, 2.24) is 5.32 Å². The molecule has 1 aliphatic heterocycles. The molecule has 2 aromatic carbocycles. The number of aliphatic imine (C=N–C) groups is 1. The Morgan fingerprint density at radius 1 is 1.23 bits per heavy atom. The Morgan fingerprint density at radius 2 is 2.04 bits per heavy atom. The third-order valence-electron chi connectivity index (χ3n) is 4.17. The summed E-state index contributed by atoms with van der Waals surface area (Å²) in [4.78, 5) is 4.37. The summed E-state index contributed by atoms with van der Waals surface area (Å²) in [6.07, 6.45) is 0.881. The molecule has 2 aromatic rings. The fourth-order valence-electron chi connectivity index (χ4n) is 2.87. The van der Waals surface area contributed by atoms with Crippen LogP contribution in [-0.2, 0) is 19.5 Å². The van der Waals surface area contributed by atoms with Gasteiger partial charge in [-0.3, -0.25) is 0 Å². The maximum Gasteiger partial charge on any atom is 0.189 e. The molecule has 6 nitrogen and oxygen atoms in total. The molecule has 0 saturated carbocycles. The number of hydrogen-bond acceptors (Lipinski definition) is 4. The summed E-state index contributed by atoms with van der Waals surface area (Å²) in [5.74, 6) is 2.60. The number of ether oxygens (including phenoxy) is 3. The summed E-state index contributed by atoms with van der Waals surface area (Å²) in [7, 11) is 3.21. The van der Waals surface area contributed by atoms with E-state index in [2.05, 4.69) is 10.3 Å². The third kappa shape index (κ3) is 4.14. The second kappa shape index (κ2) is 8.19. The second-order valence-corrected chi connectivity index (χ2v) is 6.33. The summed E-state index contributed by atoms with van der Waals surface area (Å²) in [5, 5.41) is 3.81. The summed E-state index contributed by atoms with van der Waals surface area (Å²) in [6.45, 7) is 1.62. The van der Waals surface area contributed by atoms with E-state index in [1.807, 2.05) is 30.3 Å². The Hall–Kier alpha value is -2.60. The number of nitrogens with zero attached hydrogens (tertiary/aromatic N) is 1. The van der Waals surface area contributed by atoms with E-state index in [-0.39, 0.29) is 0 Å². The van der Waals surface area contributed by atoms with Gasteiger partial charge in [0.25, 0.3) is 0 Å². The zero-order chi connectivity index (χ0) is 18.5. The van der Waals surface area contributed by atoms with Crippen molar-refractivity contribution in [1.29, 1.82) is 0 Å². The summed E-state index contributed by atoms with van der Waals surface area (Å²) >= 11 is 6.17. The molecule has 0 amide bonds. The lowest BCUT2D eigenvalue weighted by atomic mass is 10.1. The lowest BCUT2D eigenvalue weighted by Gasteiger charge is -2.11. The van der Waals surface area contributed by atoms with Crippen LogP contribution in [0.25, 0.3) is 0 Å². The van der Waals surface area contributed by atoms with E-state index in [1.165, 1.54) is 0 Å². The van der Waals surface area contributed by atoms with E-state index in [0.29, 0.717) is 42.2 Å². The van der Waals surface area contributed by atoms with Gasteiger partial charge in [-0.05, 0) is 35.4 Å². The Labute approximate surface area is 157 Å². The van der Waals surface area contributed by atoms with Gasteiger partial charge in [-0.2, -0.15) is 0 Å². The number of fused-ring (bicyclic) bond motifs is 1. The quantitative estimate of drug-likeness (QED) is 0.599. The fourth-order valence-corrected chi connectivity index (χ4v) is 3.14. The maximum atomic E-state index is 6.17. The minimum atomic E-state index is 0.353. The molecule has 7 heteroatoms. The molecule has 0 aromatic heterocycles. The molecule has 138 valence electrons. The predicted octanol–water partition coefficient (Wildman–Crippen LogP) is 2.90. The van der Waals surface area contributed by atoms with Crippen LogP contribution >= 0.6 is 11.6 Å². The van der Waals surface area contributed by atoms with Crippen LogP contribution in [0.15, 0.2) is 35.3 Å². The van der Waals surface area contributed by atoms with E-state index in [9.17, 15) is 0 Å². The molecule has 0 spiro atoms. The minimum Gasteiger partial charge on any atom is -0.493 e. The number of guanidine groups is 1. The van der Waals surface area contributed by atoms with Crippen molar-refractivity contribution in [3.63, 3.8) is 0 Å². The van der Waals surface area contributed by atoms with Crippen molar-refractivity contribution in [2.45, 2.75) is 19.5 Å². The van der Waals surface area contributed by atoms with Gasteiger partial charge in [-0.1, -0.05) is 17.7 Å². The highest BCUT2D eigenvalue weighted by atomic mass is 35.5. The van der Waals surface area contributed by atoms with Crippen molar-refractivity contribution in [3.05, 3.63) is 52.0 Å². The lowest BCUT2D eigenvalue weighted by Crippen LogP contribution is -2.31. The summed E-state index contributed by atoms with van der Waals surface area (Å²) < 4.78 is 16.2. The molecule has 1 aliphatic rings. The number of benzene rings is 2. The van der Waals surface area contributed by atoms with E-state index in [4.69, 9.17) is 31.5 Å². The number of halogens is 1. The first-order valence-electron chi connectivity index (χ1n) is 8.29. The second-order valence-electron chi connectivity index (χ2n) is 5.90. The predicted molar refractivity (Wildman–Crippen MR) is 102 cm³/mol. The average Bonchev–Trinajstić information content (AvgIpc) is 3.12. The average molecular weight is 376 g/mol. The molecule has 26 heavy (non-hydrogen) atoms. The van der Waals surface area contributed by atoms with Crippen molar-refractivity contribution in [2.75, 3.05) is 20.8 Å². The Morgan fingerprint density at radius 3 is 2.81 bits per heavy atom. The molecule has 0 unspecified atom stereocenters. The molecular formula is C19H22ClN3O3. The normalized spacial score (nSPS) is 13.1. The lowest BCUT2D eigenvalue weighted by molar-refractivity contribution is 0.353. The molecule has 3 N–H and O–H groups in total. The Bertz CT molecular complexity index is 824. The number of nitrogens with two attached hydrogens (primary N) is 1. The van der Waals surface area contributed by atoms with Crippen molar-refractivity contribution in [3.8, 4) is 17.2 Å². The summed E-state index contributed by atoms with van der Waals surface area (Å²) in [5.41, 5.74) is 9.08. The van der Waals surface area contributed by atoms with Crippen LogP contribution in [0.5, 0.6) is 17.2 Å². The SMILES string of the molecule is COc1ccc(CN=C(N)NCc2cc(Cl)cc3c2OCC3)cc1OC. The van der Waals surface area contributed by atoms with Crippen LogP contribution in [0.2, 0.25) is 5.02 Å². The zero-order valence-electron chi connectivity index (χ0n) is 14.8. The number of rotatable bonds is 6. The number of nitrogens with one attached hydrogen (secondary N) is 1. The molecule has 1 heterocycles. The smallest absolute Gasteiger partial charge is 0.189 e. The van der Waals surface area contributed by atoms with E-state index < -0.39 is 0 Å². The zero-order valence-corrected chi connectivity index (χ0v) is 15.6. The largest absolute Gasteiger partial charge is 0.493 e. The molecule has 0 radical (unpaired) electrons. The molecule has 0 bridgehead atoms. The molecule has 0 fully saturated rings. The first kappa shape index (κ1) is 18.2. The fraction of sp³-hybridized carbons (Fsp3) is 0.316. The van der Waals surface area contributed by atoms with Crippen LogP contribution in [0.3, 0.4) is 0 Å². The van der Waals surface area contributed by atoms with Crippen LogP contribution in [0.1, 0.15) is 16.7 Å². The maximum absolute atomic E-state index is 6.17. The van der Waals surface area contributed by atoms with E-state index >= 15 is 0 Å². The van der Waals surface area contributed by atoms with Crippen LogP contribution in [-0.4, -0.2) is 26.8 Å². The van der Waals surface area contributed by atoms with Crippen LogP contribution in [0, 0.1) is 0 Å². The van der Waals surface area contributed by atoms with Gasteiger partial charge >= 0.3 is 0 Å². The van der Waals surface area contributed by atoms with Gasteiger partial charge in [0.2, 0.25) is 0 Å². The highest BCUT2D eigenvalue weighted by Crippen LogP contribution is 2.32. The monoisotopic (exact) mass is 375 g/mol. The van der Waals surface area contributed by atoms with Crippen LogP contribution in [0.4, 0.5) is 0 Å². The Balaban J connectivity index is 1.63. The molecular weight excluding hydrogens is 354 g/mol. The van der Waals surface area contributed by atoms with Crippen LogP contribution < -0.4 is 25.3 Å². The topological polar surface area (TPSA) is 78.1 Å². The molecule has 0 saturated heterocycles. The highest BCUT2D eigenvalue weighted by Gasteiger charge is 2.17. The minimum absolute atomic E-state index is 0.353. The number of methoxy groups -OCH3 is 2. The van der Waals surface area contributed by atoms with Crippen molar-refractivity contribution >= 4 is 17.6 Å². The molecule has 0 atom stereocenters. The van der Waals surface area contributed by atoms with E-state index in [1.54, 1.807) is 14.2 Å². The van der Waals surface area contributed by atoms with Gasteiger partial charge in [0, 0.05) is 23.6 Å². The first-order valence-corrected chi connectivity index (χ1v) is 8.67. The molecule has 3 rings (SSSR count). The third-order valence-corrected chi connectivity index (χ3v) is 4.38. The Kier molecular flexibility index (Phi) is 5.73. The van der Waals surface area contributed by atoms with E-state index in [0.717, 1.165) is 28.9 Å². The van der Waals surface area contributed by atoms with Gasteiger partial charge in [-0.25, -0.2) is 4.99 Å². The van der Waals surface area contributed by atoms with Crippen molar-refractivity contribution < 1.29 is 14.2 Å². The standard InChI is InChI=1S/C19H22ClN3O3/c1-24-16-4-3-12(7-17(16)25-2)10-22-19(21)23-11-14-9-15(20)8-13-5-6-26-18(13)14/h3-4,7-9H,5-6,10-11H2,1-2H3,(H3,21,22,23). The first-order chi connectivity index (χ1) is 12.6. The van der Waals surface area contributed by atoms with Gasteiger partial charge in [0.15, 0.2) is 17.5 Å². The number of hydrogen-bond donors (Lipinski definition) is 2. The molecule has 0 aliphatic carbocycles. The van der Waals surface area contributed by atoms with Gasteiger partial charge < -0.3 is 25.3 Å². The van der Waals surface area contributed by atoms with Gasteiger partial charge in [0.1, 0.15) is 5.75 Å². The summed E-state index contributed by atoms with van der Waals surface area (Å²) in [6, 6.07) is 9.49.